The number of nitrogens with zero attached hydrogens (tertiary/aromatic N) is 2. The molecule has 7 heteroatoms. The fraction of sp³-hybridized carbons (Fsp3) is 0. The fourth-order valence-electron chi connectivity index (χ4n) is 0.735. The van der Waals surface area contributed by atoms with Crippen molar-refractivity contribution in [3.8, 4) is 0 Å². The van der Waals surface area contributed by atoms with Crippen molar-refractivity contribution in [1.82, 2.24) is 4.98 Å². The van der Waals surface area contributed by atoms with E-state index in [0.29, 0.717) is 0 Å². The highest BCUT2D eigenvalue weighted by Crippen LogP contribution is 2.18. The van der Waals surface area contributed by atoms with Gasteiger partial charge in [0.25, 0.3) is 0 Å². The second kappa shape index (κ2) is 3.36. The first kappa shape index (κ1) is 9.40. The van der Waals surface area contributed by atoms with Crippen molar-refractivity contribution in [3.63, 3.8) is 0 Å². The summed E-state index contributed by atoms with van der Waals surface area (Å²) in [4.78, 5) is 23.2. The summed E-state index contributed by atoms with van der Waals surface area (Å²) in [5, 5.41) is 18.9. The van der Waals surface area contributed by atoms with E-state index in [9.17, 15) is 14.9 Å². The zero-order chi connectivity index (χ0) is 10.0. The highest BCUT2D eigenvalue weighted by molar-refractivity contribution is 6.30. The van der Waals surface area contributed by atoms with Gasteiger partial charge in [-0.3, -0.25) is 0 Å². The smallest absolute Gasteiger partial charge is 0.378 e. The molecule has 6 nitrogen and oxygen atoms in total. The van der Waals surface area contributed by atoms with E-state index < -0.39 is 22.3 Å². The van der Waals surface area contributed by atoms with Crippen molar-refractivity contribution in [2.75, 3.05) is 0 Å². The van der Waals surface area contributed by atoms with Crippen LogP contribution in [0.25, 0.3) is 0 Å². The van der Waals surface area contributed by atoms with E-state index in [0.717, 1.165) is 12.3 Å². The van der Waals surface area contributed by atoms with E-state index in [2.05, 4.69) is 4.98 Å². The van der Waals surface area contributed by atoms with E-state index in [1.54, 1.807) is 0 Å². The molecule has 1 aromatic heterocycles. The Hall–Kier alpha value is -1.69. The third-order valence-electron chi connectivity index (χ3n) is 1.24. The van der Waals surface area contributed by atoms with Crippen LogP contribution in [-0.2, 0) is 0 Å². The molecule has 0 aromatic carbocycles. The Morgan fingerprint density at radius 2 is 2.31 bits per heavy atom. The molecule has 0 aliphatic heterocycles. The lowest BCUT2D eigenvalue weighted by Gasteiger charge is -1.96. The Morgan fingerprint density at radius 1 is 1.69 bits per heavy atom. The lowest BCUT2D eigenvalue weighted by molar-refractivity contribution is -0.389. The van der Waals surface area contributed by atoms with Gasteiger partial charge in [0.15, 0.2) is 11.8 Å². The number of pyridine rings is 1. The molecule has 1 N–H and O–H groups in total. The minimum Gasteiger partial charge on any atom is -0.477 e. The van der Waals surface area contributed by atoms with Gasteiger partial charge in [0.05, 0.1) is 5.02 Å². The highest BCUT2D eigenvalue weighted by Gasteiger charge is 2.21. The summed E-state index contributed by atoms with van der Waals surface area (Å²) in [5.74, 6) is -2.14. The topological polar surface area (TPSA) is 93.3 Å². The monoisotopic (exact) mass is 202 g/mol. The van der Waals surface area contributed by atoms with Crippen molar-refractivity contribution in [2.45, 2.75) is 0 Å². The van der Waals surface area contributed by atoms with Crippen LogP contribution in [0.1, 0.15) is 10.4 Å². The van der Waals surface area contributed by atoms with Crippen LogP contribution in [0.15, 0.2) is 12.3 Å². The van der Waals surface area contributed by atoms with Gasteiger partial charge >= 0.3 is 11.8 Å². The van der Waals surface area contributed by atoms with Gasteiger partial charge in [-0.2, -0.15) is 0 Å². The molecule has 1 heterocycles. The van der Waals surface area contributed by atoms with E-state index in [4.69, 9.17) is 16.7 Å². The third kappa shape index (κ3) is 1.91. The molecule has 0 aliphatic rings. The number of hydrogen-bond acceptors (Lipinski definition) is 4. The third-order valence-corrected chi connectivity index (χ3v) is 1.44. The number of halogens is 1. The molecule has 0 saturated carbocycles. The standard InChI is InChI=1S/C6H3ClN2O4/c7-3-1-4(6(10)11)5(8-2-3)9(12)13/h1-2H,(H,10,11). The van der Waals surface area contributed by atoms with Crippen molar-refractivity contribution in [2.24, 2.45) is 0 Å². The van der Waals surface area contributed by atoms with Gasteiger partial charge in [-0.15, -0.1) is 0 Å². The van der Waals surface area contributed by atoms with Gasteiger partial charge in [0, 0.05) is 0 Å². The van der Waals surface area contributed by atoms with Gasteiger partial charge in [0.1, 0.15) is 0 Å². The molecule has 0 atom stereocenters. The summed E-state index contributed by atoms with van der Waals surface area (Å²) in [6, 6.07) is 0.981. The molecule has 0 radical (unpaired) electrons. The van der Waals surface area contributed by atoms with Crippen molar-refractivity contribution >= 4 is 23.4 Å². The largest absolute Gasteiger partial charge is 0.477 e. The molecule has 0 aliphatic carbocycles. The summed E-state index contributed by atoms with van der Waals surface area (Å²) in [5.41, 5.74) is -0.516. The first-order valence-electron chi connectivity index (χ1n) is 3.05. The molecule has 0 bridgehead atoms. The zero-order valence-corrected chi connectivity index (χ0v) is 6.85. The molecule has 0 unspecified atom stereocenters. The zero-order valence-electron chi connectivity index (χ0n) is 6.10. The van der Waals surface area contributed by atoms with E-state index >= 15 is 0 Å². The van der Waals surface area contributed by atoms with Crippen LogP contribution in [0.4, 0.5) is 5.82 Å². The predicted octanol–water partition coefficient (Wildman–Crippen LogP) is 1.34. The maximum absolute atomic E-state index is 10.5. The molecular weight excluding hydrogens is 200 g/mol. The minimum absolute atomic E-state index is 0.0444. The number of aromatic carboxylic acids is 1. The summed E-state index contributed by atoms with van der Waals surface area (Å²) >= 11 is 5.42. The average Bonchev–Trinajstić information content (AvgIpc) is 2.03. The van der Waals surface area contributed by atoms with Gasteiger partial charge < -0.3 is 15.2 Å². The van der Waals surface area contributed by atoms with Crippen LogP contribution in [0.2, 0.25) is 5.02 Å². The Morgan fingerprint density at radius 3 is 2.77 bits per heavy atom. The Kier molecular flexibility index (Phi) is 2.43. The fourth-order valence-corrected chi connectivity index (χ4v) is 0.893. The molecule has 1 aromatic rings. The average molecular weight is 203 g/mol. The lowest BCUT2D eigenvalue weighted by Crippen LogP contribution is -2.04. The summed E-state index contributed by atoms with van der Waals surface area (Å²) in [6.07, 6.45) is 1.02. The van der Waals surface area contributed by atoms with Gasteiger partial charge in [-0.1, -0.05) is 11.6 Å². The van der Waals surface area contributed by atoms with Crippen LogP contribution < -0.4 is 0 Å². The molecule has 0 amide bonds. The van der Waals surface area contributed by atoms with Crippen molar-refractivity contribution in [1.29, 1.82) is 0 Å². The quantitative estimate of drug-likeness (QED) is 0.577. The maximum Gasteiger partial charge on any atom is 0.378 e. The summed E-state index contributed by atoms with van der Waals surface area (Å²) in [7, 11) is 0. The number of rotatable bonds is 2. The van der Waals surface area contributed by atoms with Gasteiger partial charge in [0.2, 0.25) is 0 Å². The van der Waals surface area contributed by atoms with Crippen LogP contribution in [0.5, 0.6) is 0 Å². The van der Waals surface area contributed by atoms with Crippen LogP contribution in [0.3, 0.4) is 0 Å². The summed E-state index contributed by atoms with van der Waals surface area (Å²) in [6.45, 7) is 0. The molecular formula is C6H3ClN2O4. The minimum atomic E-state index is -1.43. The summed E-state index contributed by atoms with van der Waals surface area (Å²) < 4.78 is 0. The Balaban J connectivity index is 3.35. The van der Waals surface area contributed by atoms with Crippen LogP contribution >= 0.6 is 11.6 Å². The first-order chi connectivity index (χ1) is 6.02. The van der Waals surface area contributed by atoms with Crippen molar-refractivity contribution < 1.29 is 14.8 Å². The number of carboxylic acid groups (broad SMARTS) is 1. The number of carboxylic acids is 1. The molecule has 0 saturated heterocycles. The lowest BCUT2D eigenvalue weighted by atomic mass is 10.2. The van der Waals surface area contributed by atoms with Crippen LogP contribution in [-0.4, -0.2) is 21.0 Å². The number of hydrogen-bond donors (Lipinski definition) is 1. The van der Waals surface area contributed by atoms with Gasteiger partial charge in [-0.25, -0.2) is 4.79 Å². The Bertz CT molecular complexity index is 379. The number of carbonyl (C=O) groups is 1. The van der Waals surface area contributed by atoms with E-state index in [-0.39, 0.29) is 5.02 Å². The number of nitro groups is 1. The van der Waals surface area contributed by atoms with Crippen molar-refractivity contribution in [3.05, 3.63) is 33.0 Å². The van der Waals surface area contributed by atoms with Crippen LogP contribution in [0, 0.1) is 10.1 Å². The normalized spacial score (nSPS) is 9.62. The molecule has 1 rings (SSSR count). The highest BCUT2D eigenvalue weighted by atomic mass is 35.5. The maximum atomic E-state index is 10.5. The predicted molar refractivity (Wildman–Crippen MR) is 42.9 cm³/mol. The molecule has 13 heavy (non-hydrogen) atoms. The second-order valence-electron chi connectivity index (χ2n) is 2.09. The van der Waals surface area contributed by atoms with E-state index in [1.807, 2.05) is 0 Å². The second-order valence-corrected chi connectivity index (χ2v) is 2.52. The molecule has 0 spiro atoms. The van der Waals surface area contributed by atoms with Gasteiger partial charge in [-0.05, 0) is 16.0 Å². The Labute approximate surface area is 76.9 Å². The molecule has 0 fully saturated rings. The number of aromatic nitrogens is 1. The SMILES string of the molecule is O=C(O)c1cc(Cl)cnc1[N+](=O)[O-]. The van der Waals surface area contributed by atoms with E-state index in [1.165, 1.54) is 0 Å². The molecule has 68 valence electrons. The first-order valence-corrected chi connectivity index (χ1v) is 3.43.